The monoisotopic (exact) mass is 380 g/mol. The van der Waals surface area contributed by atoms with E-state index in [9.17, 15) is 24.0 Å². The summed E-state index contributed by atoms with van der Waals surface area (Å²) in [5.74, 6) is -6.38. The molecule has 1 saturated heterocycles. The molecule has 9 nitrogen and oxygen atoms in total. The van der Waals surface area contributed by atoms with E-state index in [-0.39, 0.29) is 30.8 Å². The van der Waals surface area contributed by atoms with Gasteiger partial charge in [-0.25, -0.2) is 4.79 Å². The molecule has 9 heteroatoms. The lowest BCUT2D eigenvalue weighted by Gasteiger charge is -2.28. The molecule has 0 N–H and O–H groups in total. The Morgan fingerprint density at radius 3 is 2.48 bits per heavy atom. The SMILES string of the molecule is C=C(C)C(=O)OCCCC(=O)OC1C2OC(=O)C3C2C(=O)C1C3C(=O)OC. The van der Waals surface area contributed by atoms with E-state index < -0.39 is 59.8 Å². The highest BCUT2D eigenvalue weighted by molar-refractivity contribution is 6.03. The summed E-state index contributed by atoms with van der Waals surface area (Å²) in [5.41, 5.74) is 0.254. The van der Waals surface area contributed by atoms with Gasteiger partial charge in [0, 0.05) is 12.0 Å². The average molecular weight is 380 g/mol. The summed E-state index contributed by atoms with van der Waals surface area (Å²) in [6.45, 7) is 4.97. The number of hydrogen-bond donors (Lipinski definition) is 0. The molecule has 0 aromatic heterocycles. The van der Waals surface area contributed by atoms with Crippen LogP contribution in [0.2, 0.25) is 0 Å². The van der Waals surface area contributed by atoms with Crippen LogP contribution in [-0.2, 0) is 42.9 Å². The maximum absolute atomic E-state index is 12.5. The van der Waals surface area contributed by atoms with Gasteiger partial charge in [0.15, 0.2) is 0 Å². The van der Waals surface area contributed by atoms with Gasteiger partial charge in [0.2, 0.25) is 0 Å². The molecule has 1 heterocycles. The van der Waals surface area contributed by atoms with Crippen molar-refractivity contribution in [2.24, 2.45) is 23.7 Å². The molecule has 0 aromatic rings. The van der Waals surface area contributed by atoms with E-state index in [4.69, 9.17) is 18.9 Å². The molecule has 2 aliphatic carbocycles. The second-order valence-corrected chi connectivity index (χ2v) is 6.90. The van der Waals surface area contributed by atoms with Crippen LogP contribution in [0.25, 0.3) is 0 Å². The zero-order valence-electron chi connectivity index (χ0n) is 15.0. The molecule has 2 bridgehead atoms. The van der Waals surface area contributed by atoms with Crippen LogP contribution in [0.1, 0.15) is 19.8 Å². The van der Waals surface area contributed by atoms with Gasteiger partial charge >= 0.3 is 23.9 Å². The van der Waals surface area contributed by atoms with Gasteiger partial charge in [-0.3, -0.25) is 19.2 Å². The summed E-state index contributed by atoms with van der Waals surface area (Å²) in [7, 11) is 1.17. The molecule has 6 unspecified atom stereocenters. The first kappa shape index (κ1) is 19.1. The fourth-order valence-electron chi connectivity index (χ4n) is 4.10. The van der Waals surface area contributed by atoms with Crippen LogP contribution < -0.4 is 0 Å². The van der Waals surface area contributed by atoms with Crippen molar-refractivity contribution in [3.63, 3.8) is 0 Å². The molecule has 2 saturated carbocycles. The normalized spacial score (nSPS) is 32.8. The van der Waals surface area contributed by atoms with Crippen molar-refractivity contribution >= 4 is 29.7 Å². The Kier molecular flexibility index (Phi) is 5.03. The van der Waals surface area contributed by atoms with Gasteiger partial charge < -0.3 is 18.9 Å². The van der Waals surface area contributed by atoms with Crippen molar-refractivity contribution < 1.29 is 42.9 Å². The molecule has 0 radical (unpaired) electrons. The minimum atomic E-state index is -1.00. The molecule has 0 spiro atoms. The van der Waals surface area contributed by atoms with Crippen LogP contribution in [0.4, 0.5) is 0 Å². The maximum Gasteiger partial charge on any atom is 0.333 e. The van der Waals surface area contributed by atoms with Gasteiger partial charge in [-0.15, -0.1) is 0 Å². The summed E-state index contributed by atoms with van der Waals surface area (Å²) < 4.78 is 20.2. The fraction of sp³-hybridized carbons (Fsp3) is 0.611. The number of Topliss-reactive ketones (excluding diaryl/α,β-unsaturated/α-hetero) is 1. The number of hydrogen-bond acceptors (Lipinski definition) is 9. The fourth-order valence-corrected chi connectivity index (χ4v) is 4.10. The van der Waals surface area contributed by atoms with Crippen LogP contribution in [0.3, 0.4) is 0 Å². The van der Waals surface area contributed by atoms with Crippen molar-refractivity contribution in [1.29, 1.82) is 0 Å². The number of fused-ring (bicyclic) bond motifs is 1. The number of carbonyl (C=O) groups excluding carboxylic acids is 5. The quantitative estimate of drug-likeness (QED) is 0.259. The zero-order valence-corrected chi connectivity index (χ0v) is 15.0. The predicted octanol–water partition coefficient (Wildman–Crippen LogP) is -0.0428. The third kappa shape index (κ3) is 3.11. The Morgan fingerprint density at radius 2 is 1.85 bits per heavy atom. The number of carbonyl (C=O) groups is 5. The minimum absolute atomic E-state index is 0.0156. The second kappa shape index (κ2) is 7.13. The van der Waals surface area contributed by atoms with Crippen molar-refractivity contribution in [3.8, 4) is 0 Å². The van der Waals surface area contributed by atoms with Crippen LogP contribution in [0.5, 0.6) is 0 Å². The second-order valence-electron chi connectivity index (χ2n) is 6.90. The molecule has 146 valence electrons. The molecule has 27 heavy (non-hydrogen) atoms. The molecule has 6 atom stereocenters. The molecule has 0 amide bonds. The van der Waals surface area contributed by atoms with E-state index >= 15 is 0 Å². The van der Waals surface area contributed by atoms with Crippen LogP contribution >= 0.6 is 0 Å². The Labute approximate surface area is 154 Å². The predicted molar refractivity (Wildman–Crippen MR) is 85.8 cm³/mol. The number of rotatable bonds is 7. The standard InChI is InChI=1S/C18H20O9/c1-7(2)16(21)25-6-4-5-8(19)26-14-11-9(17(22)24-3)10-12(13(11)20)15(14)27-18(10)23/h9-12,14-15H,1,4-6H2,2-3H3. The van der Waals surface area contributed by atoms with E-state index in [2.05, 4.69) is 6.58 Å². The van der Waals surface area contributed by atoms with E-state index in [1.807, 2.05) is 0 Å². The minimum Gasteiger partial charge on any atom is -0.469 e. The number of esters is 4. The molecule has 3 rings (SSSR count). The average Bonchev–Trinajstić information content (AvgIpc) is 3.17. The largest absolute Gasteiger partial charge is 0.469 e. The summed E-state index contributed by atoms with van der Waals surface area (Å²) in [5, 5.41) is 0. The molecule has 3 aliphatic rings. The van der Waals surface area contributed by atoms with E-state index in [1.165, 1.54) is 14.0 Å². The summed E-state index contributed by atoms with van der Waals surface area (Å²) in [4.78, 5) is 60.0. The van der Waals surface area contributed by atoms with Gasteiger partial charge in [-0.1, -0.05) is 6.58 Å². The van der Waals surface area contributed by atoms with Crippen molar-refractivity contribution in [2.75, 3.05) is 13.7 Å². The highest BCUT2D eigenvalue weighted by atomic mass is 16.6. The summed E-state index contributed by atoms with van der Waals surface area (Å²) >= 11 is 0. The van der Waals surface area contributed by atoms with Crippen LogP contribution in [0.15, 0.2) is 12.2 Å². The van der Waals surface area contributed by atoms with E-state index in [0.29, 0.717) is 0 Å². The summed E-state index contributed by atoms with van der Waals surface area (Å²) in [6, 6.07) is 0. The first-order valence-electron chi connectivity index (χ1n) is 8.62. The van der Waals surface area contributed by atoms with Gasteiger partial charge in [0.05, 0.1) is 37.4 Å². The van der Waals surface area contributed by atoms with Crippen LogP contribution in [-0.4, -0.2) is 55.6 Å². The first-order chi connectivity index (χ1) is 12.8. The van der Waals surface area contributed by atoms with Crippen LogP contribution in [0, 0.1) is 23.7 Å². The molecular formula is C18H20O9. The van der Waals surface area contributed by atoms with Gasteiger partial charge in [-0.2, -0.15) is 0 Å². The third-order valence-corrected chi connectivity index (χ3v) is 5.22. The maximum atomic E-state index is 12.5. The van der Waals surface area contributed by atoms with Gasteiger partial charge in [-0.05, 0) is 13.3 Å². The van der Waals surface area contributed by atoms with E-state index in [1.54, 1.807) is 0 Å². The molecule has 0 aromatic carbocycles. The Hall–Kier alpha value is -2.71. The summed E-state index contributed by atoms with van der Waals surface area (Å²) in [6.07, 6.45) is -1.69. The lowest BCUT2D eigenvalue weighted by molar-refractivity contribution is -0.165. The highest BCUT2D eigenvalue weighted by Gasteiger charge is 2.74. The smallest absolute Gasteiger partial charge is 0.333 e. The Balaban J connectivity index is 1.60. The topological polar surface area (TPSA) is 122 Å². The molecule has 3 fully saturated rings. The van der Waals surface area contributed by atoms with Gasteiger partial charge in [0.1, 0.15) is 18.0 Å². The highest BCUT2D eigenvalue weighted by Crippen LogP contribution is 2.56. The third-order valence-electron chi connectivity index (χ3n) is 5.22. The van der Waals surface area contributed by atoms with Crippen molar-refractivity contribution in [2.45, 2.75) is 32.0 Å². The number of ketones is 1. The first-order valence-corrected chi connectivity index (χ1v) is 8.62. The Bertz CT molecular complexity index is 724. The molecule has 1 aliphatic heterocycles. The lowest BCUT2D eigenvalue weighted by atomic mass is 9.78. The number of ether oxygens (including phenoxy) is 4. The molecular weight excluding hydrogens is 360 g/mol. The Morgan fingerprint density at radius 1 is 1.15 bits per heavy atom. The lowest BCUT2D eigenvalue weighted by Crippen LogP contribution is -2.43. The van der Waals surface area contributed by atoms with Gasteiger partial charge in [0.25, 0.3) is 0 Å². The van der Waals surface area contributed by atoms with Crippen molar-refractivity contribution in [1.82, 2.24) is 0 Å². The van der Waals surface area contributed by atoms with Crippen molar-refractivity contribution in [3.05, 3.63) is 12.2 Å². The number of methoxy groups -OCH3 is 1. The zero-order chi connectivity index (χ0) is 19.9. The van der Waals surface area contributed by atoms with E-state index in [0.717, 1.165) is 0 Å².